The molecule has 0 aliphatic carbocycles. The molecule has 2 atom stereocenters. The van der Waals surface area contributed by atoms with Gasteiger partial charge in [-0.15, -0.1) is 0 Å². The van der Waals surface area contributed by atoms with Crippen molar-refractivity contribution < 1.29 is 27.9 Å². The van der Waals surface area contributed by atoms with Crippen molar-refractivity contribution in [1.29, 1.82) is 0 Å². The minimum atomic E-state index is -1.21. The van der Waals surface area contributed by atoms with E-state index in [-0.39, 0.29) is 30.9 Å². The predicted octanol–water partition coefficient (Wildman–Crippen LogP) is 4.28. The number of hydrogen-bond donors (Lipinski definition) is 2. The van der Waals surface area contributed by atoms with E-state index in [0.29, 0.717) is 12.1 Å². The minimum Gasteiger partial charge on any atom is -0.394 e. The molecule has 2 aromatic carbocycles. The Kier molecular flexibility index (Phi) is 8.48. The van der Waals surface area contributed by atoms with Crippen LogP contribution in [-0.4, -0.2) is 36.4 Å². The maximum Gasteiger partial charge on any atom is 0.277 e. The lowest BCUT2D eigenvalue weighted by molar-refractivity contribution is 0.0168. The summed E-state index contributed by atoms with van der Waals surface area (Å²) in [6.45, 7) is 2.71. The average molecular weight is 410 g/mol. The number of aliphatic hydroxyl groups is 1. The van der Waals surface area contributed by atoms with Crippen LogP contribution in [0.3, 0.4) is 0 Å². The van der Waals surface area contributed by atoms with Gasteiger partial charge in [-0.3, -0.25) is 9.63 Å². The fourth-order valence-electron chi connectivity index (χ4n) is 3.12. The normalized spacial score (nSPS) is 13.0. The van der Waals surface area contributed by atoms with Gasteiger partial charge in [-0.2, -0.15) is 0 Å². The summed E-state index contributed by atoms with van der Waals surface area (Å²) in [4.78, 5) is 18.8. The number of carbonyl (C=O) groups excluding carboxylic acids is 1. The Morgan fingerprint density at radius 2 is 1.90 bits per heavy atom. The molecule has 5 nitrogen and oxygen atoms in total. The van der Waals surface area contributed by atoms with Crippen molar-refractivity contribution in [1.82, 2.24) is 5.48 Å². The van der Waals surface area contributed by atoms with Gasteiger partial charge in [-0.1, -0.05) is 25.1 Å². The molecule has 0 heterocycles. The summed E-state index contributed by atoms with van der Waals surface area (Å²) in [5.74, 6) is -3.15. The predicted molar refractivity (Wildman–Crippen MR) is 105 cm³/mol. The summed E-state index contributed by atoms with van der Waals surface area (Å²) < 4.78 is 43.0. The summed E-state index contributed by atoms with van der Waals surface area (Å²) in [6.07, 6.45) is -0.696. The lowest BCUT2D eigenvalue weighted by Gasteiger charge is -2.35. The number of nitrogens with one attached hydrogen (secondary N) is 1. The fraction of sp³-hybridized carbons (Fsp3) is 0.381. The molecular formula is C21H25F3N2O3. The van der Waals surface area contributed by atoms with Crippen LogP contribution in [0.15, 0.2) is 42.5 Å². The zero-order chi connectivity index (χ0) is 21.4. The van der Waals surface area contributed by atoms with Crippen LogP contribution in [-0.2, 0) is 4.84 Å². The van der Waals surface area contributed by atoms with Crippen LogP contribution in [0.5, 0.6) is 0 Å². The smallest absolute Gasteiger partial charge is 0.277 e. The molecule has 0 aliphatic rings. The number of alkyl halides is 1. The second-order valence-corrected chi connectivity index (χ2v) is 6.54. The van der Waals surface area contributed by atoms with E-state index >= 15 is 4.39 Å². The molecule has 2 rings (SSSR count). The third kappa shape index (κ3) is 5.71. The SMILES string of the molecule is CCC(CC(C)F)N(c1ccccc1)c1c(C(=O)NOCCO)ccc(F)c1F. The number of anilines is 2. The number of benzene rings is 2. The highest BCUT2D eigenvalue weighted by Gasteiger charge is 2.30. The number of carbonyl (C=O) groups is 1. The quantitative estimate of drug-likeness (QED) is 0.453. The van der Waals surface area contributed by atoms with E-state index in [1.165, 1.54) is 11.8 Å². The number of hydrogen-bond acceptors (Lipinski definition) is 4. The van der Waals surface area contributed by atoms with Gasteiger partial charge in [0, 0.05) is 11.7 Å². The molecule has 2 N–H and O–H groups in total. The summed E-state index contributed by atoms with van der Waals surface area (Å²) in [5, 5.41) is 8.78. The average Bonchev–Trinajstić information content (AvgIpc) is 2.71. The van der Waals surface area contributed by atoms with E-state index in [0.717, 1.165) is 12.1 Å². The topological polar surface area (TPSA) is 61.8 Å². The van der Waals surface area contributed by atoms with Crippen LogP contribution in [0.25, 0.3) is 0 Å². The van der Waals surface area contributed by atoms with E-state index < -0.39 is 29.8 Å². The third-order valence-electron chi connectivity index (χ3n) is 4.38. The van der Waals surface area contributed by atoms with Crippen LogP contribution < -0.4 is 10.4 Å². The van der Waals surface area contributed by atoms with Crippen molar-refractivity contribution in [2.24, 2.45) is 0 Å². The molecule has 29 heavy (non-hydrogen) atoms. The van der Waals surface area contributed by atoms with Gasteiger partial charge in [0.25, 0.3) is 5.91 Å². The molecule has 0 aromatic heterocycles. The van der Waals surface area contributed by atoms with Crippen molar-refractivity contribution >= 4 is 17.3 Å². The summed E-state index contributed by atoms with van der Waals surface area (Å²) in [5.41, 5.74) is 2.13. The number of halogens is 3. The first kappa shape index (κ1) is 22.7. The Morgan fingerprint density at radius 3 is 2.48 bits per heavy atom. The van der Waals surface area contributed by atoms with Crippen LogP contribution >= 0.6 is 0 Å². The van der Waals surface area contributed by atoms with Gasteiger partial charge in [0.1, 0.15) is 0 Å². The Hall–Kier alpha value is -2.58. The summed E-state index contributed by atoms with van der Waals surface area (Å²) >= 11 is 0. The van der Waals surface area contributed by atoms with Gasteiger partial charge in [0.05, 0.1) is 30.6 Å². The lowest BCUT2D eigenvalue weighted by atomic mass is 10.0. The molecule has 8 heteroatoms. The van der Waals surface area contributed by atoms with Gasteiger partial charge >= 0.3 is 0 Å². The number of hydroxylamine groups is 1. The van der Waals surface area contributed by atoms with Gasteiger partial charge in [0.2, 0.25) is 0 Å². The monoisotopic (exact) mass is 410 g/mol. The van der Waals surface area contributed by atoms with Crippen molar-refractivity contribution in [2.75, 3.05) is 18.1 Å². The number of nitrogens with zero attached hydrogens (tertiary/aromatic N) is 1. The molecular weight excluding hydrogens is 385 g/mol. The van der Waals surface area contributed by atoms with E-state index in [1.54, 1.807) is 30.3 Å². The minimum absolute atomic E-state index is 0.0589. The Labute approximate surface area is 168 Å². The number of rotatable bonds is 10. The molecule has 0 aliphatic heterocycles. The van der Waals surface area contributed by atoms with Crippen LogP contribution in [0, 0.1) is 11.6 Å². The Bertz CT molecular complexity index is 803. The molecule has 158 valence electrons. The molecule has 0 bridgehead atoms. The molecule has 2 aromatic rings. The molecule has 0 saturated heterocycles. The standard InChI is InChI=1S/C21H25F3N2O3/c1-3-15(13-14(2)22)26(16-7-5-4-6-8-16)20-17(9-10-18(23)19(20)24)21(28)25-29-12-11-27/h4-10,14-15,27H,3,11-13H2,1-2H3,(H,25,28). The number of aliphatic hydroxyl groups excluding tert-OH is 1. The first-order valence-electron chi connectivity index (χ1n) is 9.40. The zero-order valence-corrected chi connectivity index (χ0v) is 16.4. The van der Waals surface area contributed by atoms with Gasteiger partial charge < -0.3 is 10.0 Å². The highest BCUT2D eigenvalue weighted by molar-refractivity contribution is 6.00. The highest BCUT2D eigenvalue weighted by atomic mass is 19.2. The number of para-hydroxylation sites is 1. The van der Waals surface area contributed by atoms with E-state index in [4.69, 9.17) is 9.94 Å². The Balaban J connectivity index is 2.62. The van der Waals surface area contributed by atoms with Crippen LogP contribution in [0.2, 0.25) is 0 Å². The van der Waals surface area contributed by atoms with Gasteiger partial charge in [0.15, 0.2) is 11.6 Å². The van der Waals surface area contributed by atoms with E-state index in [1.807, 2.05) is 6.92 Å². The van der Waals surface area contributed by atoms with Crippen molar-refractivity contribution in [3.8, 4) is 0 Å². The molecule has 0 spiro atoms. The second kappa shape index (κ2) is 10.8. The highest BCUT2D eigenvalue weighted by Crippen LogP contribution is 2.36. The molecule has 0 radical (unpaired) electrons. The van der Waals surface area contributed by atoms with E-state index in [2.05, 4.69) is 5.48 Å². The zero-order valence-electron chi connectivity index (χ0n) is 16.4. The largest absolute Gasteiger partial charge is 0.394 e. The molecule has 0 saturated carbocycles. The van der Waals surface area contributed by atoms with Gasteiger partial charge in [-0.05, 0) is 44.0 Å². The molecule has 2 unspecified atom stereocenters. The maximum absolute atomic E-state index is 15.0. The summed E-state index contributed by atoms with van der Waals surface area (Å²) in [7, 11) is 0. The molecule has 1 amide bonds. The fourth-order valence-corrected chi connectivity index (χ4v) is 3.12. The maximum atomic E-state index is 15.0. The van der Waals surface area contributed by atoms with E-state index in [9.17, 15) is 13.6 Å². The van der Waals surface area contributed by atoms with Gasteiger partial charge in [-0.25, -0.2) is 18.7 Å². The lowest BCUT2D eigenvalue weighted by Crippen LogP contribution is -2.36. The van der Waals surface area contributed by atoms with Crippen LogP contribution in [0.4, 0.5) is 24.5 Å². The second-order valence-electron chi connectivity index (χ2n) is 6.54. The third-order valence-corrected chi connectivity index (χ3v) is 4.38. The van der Waals surface area contributed by atoms with Crippen molar-refractivity contribution in [3.63, 3.8) is 0 Å². The first-order chi connectivity index (χ1) is 13.9. The van der Waals surface area contributed by atoms with Crippen molar-refractivity contribution in [3.05, 3.63) is 59.7 Å². The van der Waals surface area contributed by atoms with Crippen molar-refractivity contribution in [2.45, 2.75) is 38.9 Å². The first-order valence-corrected chi connectivity index (χ1v) is 9.40. The Morgan fingerprint density at radius 1 is 1.21 bits per heavy atom. The summed E-state index contributed by atoms with van der Waals surface area (Å²) in [6, 6.07) is 10.0. The molecule has 0 fully saturated rings. The number of amides is 1. The van der Waals surface area contributed by atoms with Crippen LogP contribution in [0.1, 0.15) is 37.0 Å².